The highest BCUT2D eigenvalue weighted by Gasteiger charge is 2.38. The quantitative estimate of drug-likeness (QED) is 0.106. The first kappa shape index (κ1) is 35.5. The molecular formula is C39H45F2IN6O3. The fraction of sp³-hybridized carbons (Fsp3) is 0.462. The van der Waals surface area contributed by atoms with Gasteiger partial charge in [0, 0.05) is 31.2 Å². The molecule has 4 aromatic rings. The Labute approximate surface area is 311 Å². The first-order valence-corrected chi connectivity index (χ1v) is 19.2. The maximum Gasteiger partial charge on any atom is 0.407 e. The molecular weight excluding hydrogens is 765 g/mol. The Morgan fingerprint density at radius 2 is 1.69 bits per heavy atom. The van der Waals surface area contributed by atoms with Gasteiger partial charge in [-0.3, -0.25) is 4.79 Å². The summed E-state index contributed by atoms with van der Waals surface area (Å²) in [6, 6.07) is 18.3. The lowest BCUT2D eigenvalue weighted by Crippen LogP contribution is -2.51. The number of methoxy groups -OCH3 is 1. The Morgan fingerprint density at radius 1 is 0.941 bits per heavy atom. The summed E-state index contributed by atoms with van der Waals surface area (Å²) < 4.78 is 36.8. The molecule has 4 heterocycles. The number of imidazole rings is 1. The number of alkyl halides is 1. The molecule has 3 aliphatic rings. The van der Waals surface area contributed by atoms with E-state index in [1.54, 1.807) is 4.90 Å². The second-order valence-corrected chi connectivity index (χ2v) is 15.8. The van der Waals surface area contributed by atoms with E-state index < -0.39 is 23.8 Å². The van der Waals surface area contributed by atoms with Crippen molar-refractivity contribution in [2.24, 2.45) is 5.92 Å². The molecule has 270 valence electrons. The molecule has 3 saturated heterocycles. The number of nitrogens with zero attached hydrogens (tertiary/aromatic N) is 4. The summed E-state index contributed by atoms with van der Waals surface area (Å²) in [6.07, 6.45) is 4.54. The molecule has 12 heteroatoms. The number of H-pyrrole nitrogens is 1. The number of benzene rings is 3. The van der Waals surface area contributed by atoms with Gasteiger partial charge in [-0.2, -0.15) is 0 Å². The van der Waals surface area contributed by atoms with Gasteiger partial charge in [0.15, 0.2) is 11.6 Å². The average molecular weight is 811 g/mol. The van der Waals surface area contributed by atoms with E-state index in [2.05, 4.69) is 56.0 Å². The second kappa shape index (κ2) is 15.0. The fourth-order valence-electron chi connectivity index (χ4n) is 8.22. The standard InChI is InChI=1S/C39H45F2IN6O3/c1-23(2)35(45-39(50)51-3)38(49)47-18-8-12-33(47)37-43-30-14-13-25(19-31(30)44-37)32-15-16-34(42)48(32)27-20-28(40)36(29(41)21-27)46-17-7-11-26(22-46)24-9-5-4-6-10-24/h4-6,9-10,13-14,19-21,23,26,32-35H,7-8,11-12,15-18,22H2,1-3H3,(H,43,44)(H,45,50)/t26?,32-,33+,34-,35+/m1/s1. The number of piperidine rings is 1. The molecule has 1 aromatic heterocycles. The maximum atomic E-state index is 16.0. The number of likely N-dealkylation sites (tertiary alicyclic amines) is 1. The number of carbonyl (C=O) groups excluding carboxylic acids is 2. The summed E-state index contributed by atoms with van der Waals surface area (Å²) >= 11 is 2.38. The third-order valence-electron chi connectivity index (χ3n) is 10.8. The summed E-state index contributed by atoms with van der Waals surface area (Å²) in [4.78, 5) is 39.8. The van der Waals surface area contributed by atoms with E-state index >= 15 is 8.78 Å². The number of hydrogen-bond donors (Lipinski definition) is 2. The molecule has 5 atom stereocenters. The molecule has 0 bridgehead atoms. The molecule has 7 rings (SSSR count). The molecule has 51 heavy (non-hydrogen) atoms. The molecule has 9 nitrogen and oxygen atoms in total. The smallest absolute Gasteiger partial charge is 0.407 e. The van der Waals surface area contributed by atoms with Crippen LogP contribution < -0.4 is 15.1 Å². The van der Waals surface area contributed by atoms with Crippen LogP contribution in [-0.2, 0) is 9.53 Å². The van der Waals surface area contributed by atoms with Crippen LogP contribution in [-0.4, -0.2) is 63.7 Å². The van der Waals surface area contributed by atoms with E-state index in [0.29, 0.717) is 31.1 Å². The van der Waals surface area contributed by atoms with Gasteiger partial charge in [-0.15, -0.1) is 0 Å². The number of anilines is 2. The number of aromatic nitrogens is 2. The van der Waals surface area contributed by atoms with Gasteiger partial charge < -0.3 is 29.7 Å². The minimum Gasteiger partial charge on any atom is -0.453 e. The third-order valence-corrected chi connectivity index (χ3v) is 12.0. The Morgan fingerprint density at radius 3 is 2.41 bits per heavy atom. The predicted molar refractivity (Wildman–Crippen MR) is 203 cm³/mol. The van der Waals surface area contributed by atoms with Gasteiger partial charge in [0.2, 0.25) is 5.91 Å². The van der Waals surface area contributed by atoms with Crippen molar-refractivity contribution < 1.29 is 23.1 Å². The maximum absolute atomic E-state index is 16.0. The van der Waals surface area contributed by atoms with Crippen LogP contribution in [0, 0.1) is 17.6 Å². The van der Waals surface area contributed by atoms with Crippen molar-refractivity contribution in [1.82, 2.24) is 20.2 Å². The fourth-order valence-corrected chi connectivity index (χ4v) is 9.29. The van der Waals surface area contributed by atoms with Crippen LogP contribution >= 0.6 is 22.6 Å². The molecule has 1 unspecified atom stereocenters. The highest BCUT2D eigenvalue weighted by Crippen LogP contribution is 2.45. The topological polar surface area (TPSA) is 93.8 Å². The molecule has 3 fully saturated rings. The highest BCUT2D eigenvalue weighted by atomic mass is 127. The number of aromatic amines is 1. The zero-order chi connectivity index (χ0) is 35.8. The van der Waals surface area contributed by atoms with Crippen LogP contribution in [0.2, 0.25) is 0 Å². The minimum atomic E-state index is -0.710. The van der Waals surface area contributed by atoms with Gasteiger partial charge in [-0.25, -0.2) is 18.6 Å². The van der Waals surface area contributed by atoms with Crippen LogP contribution in [0.4, 0.5) is 25.0 Å². The molecule has 2 amide bonds. The van der Waals surface area contributed by atoms with E-state index in [-0.39, 0.29) is 39.6 Å². The zero-order valence-corrected chi connectivity index (χ0v) is 31.4. The van der Waals surface area contributed by atoms with Gasteiger partial charge in [0.1, 0.15) is 17.6 Å². The van der Waals surface area contributed by atoms with Crippen LogP contribution in [0.25, 0.3) is 11.0 Å². The van der Waals surface area contributed by atoms with Crippen LogP contribution in [0.15, 0.2) is 60.7 Å². The van der Waals surface area contributed by atoms with Crippen molar-refractivity contribution in [2.45, 2.75) is 80.5 Å². The average Bonchev–Trinajstić information content (AvgIpc) is 3.88. The lowest BCUT2D eigenvalue weighted by atomic mass is 9.90. The normalized spacial score (nSPS) is 22.9. The highest BCUT2D eigenvalue weighted by molar-refractivity contribution is 14.1. The number of fused-ring (bicyclic) bond motifs is 1. The van der Waals surface area contributed by atoms with E-state index in [1.165, 1.54) is 24.8 Å². The molecule has 0 aliphatic carbocycles. The van der Waals surface area contributed by atoms with Crippen LogP contribution in [0.3, 0.4) is 0 Å². The Kier molecular flexibility index (Phi) is 10.4. The number of amides is 2. The third kappa shape index (κ3) is 7.12. The van der Waals surface area contributed by atoms with E-state index in [9.17, 15) is 9.59 Å². The number of carbonyl (C=O) groups is 2. The first-order chi connectivity index (χ1) is 24.6. The summed E-state index contributed by atoms with van der Waals surface area (Å²) in [5, 5.41) is 2.70. The Bertz CT molecular complexity index is 1870. The van der Waals surface area contributed by atoms with Crippen LogP contribution in [0.1, 0.15) is 87.3 Å². The number of nitrogens with one attached hydrogen (secondary N) is 2. The number of alkyl carbamates (subject to hydrolysis) is 1. The first-order valence-electron chi connectivity index (χ1n) is 18.0. The molecule has 0 saturated carbocycles. The molecule has 3 aliphatic heterocycles. The van der Waals surface area contributed by atoms with Gasteiger partial charge >= 0.3 is 6.09 Å². The van der Waals surface area contributed by atoms with Crippen molar-refractivity contribution in [3.8, 4) is 0 Å². The molecule has 0 spiro atoms. The lowest BCUT2D eigenvalue weighted by molar-refractivity contribution is -0.135. The van der Waals surface area contributed by atoms with Crippen molar-refractivity contribution in [2.75, 3.05) is 36.5 Å². The monoisotopic (exact) mass is 810 g/mol. The van der Waals surface area contributed by atoms with Gasteiger partial charge in [-0.1, -0.05) is 72.8 Å². The summed E-state index contributed by atoms with van der Waals surface area (Å²) in [5.41, 5.74) is 4.47. The second-order valence-electron chi connectivity index (χ2n) is 14.3. The minimum absolute atomic E-state index is 0.0618. The number of ether oxygens (including phenoxy) is 1. The Balaban J connectivity index is 1.12. The number of halogens is 3. The van der Waals surface area contributed by atoms with E-state index in [4.69, 9.17) is 9.72 Å². The number of hydrogen-bond acceptors (Lipinski definition) is 6. The molecule has 0 radical (unpaired) electrons. The number of rotatable bonds is 8. The molecule has 3 aromatic carbocycles. The van der Waals surface area contributed by atoms with Crippen molar-refractivity contribution in [1.29, 1.82) is 0 Å². The summed E-state index contributed by atoms with van der Waals surface area (Å²) in [7, 11) is 1.28. The van der Waals surface area contributed by atoms with Crippen molar-refractivity contribution in [3.63, 3.8) is 0 Å². The van der Waals surface area contributed by atoms with Gasteiger partial charge in [0.25, 0.3) is 0 Å². The van der Waals surface area contributed by atoms with Gasteiger partial charge in [0.05, 0.1) is 34.3 Å². The summed E-state index contributed by atoms with van der Waals surface area (Å²) in [5.74, 6) is -0.401. The van der Waals surface area contributed by atoms with Crippen molar-refractivity contribution in [3.05, 3.63) is 89.2 Å². The zero-order valence-electron chi connectivity index (χ0n) is 29.2. The van der Waals surface area contributed by atoms with E-state index in [0.717, 1.165) is 55.1 Å². The van der Waals surface area contributed by atoms with Crippen LogP contribution in [0.5, 0.6) is 0 Å². The molecule has 2 N–H and O–H groups in total. The largest absolute Gasteiger partial charge is 0.453 e. The van der Waals surface area contributed by atoms with E-state index in [1.807, 2.05) is 49.1 Å². The lowest BCUT2D eigenvalue weighted by Gasteiger charge is -2.36. The SMILES string of the molecule is COC(=O)N[C@H](C(=O)N1CCC[C@H]1c1nc2ccc([C@H]3CC[C@H](I)N3c3cc(F)c(N4CCCC(c5ccccc5)C4)c(F)c3)cc2[nH]1)C(C)C. The summed E-state index contributed by atoms with van der Waals surface area (Å²) in [6.45, 7) is 5.57. The Hall–Kier alpha value is -3.94. The van der Waals surface area contributed by atoms with Gasteiger partial charge in [-0.05, 0) is 79.8 Å². The predicted octanol–water partition coefficient (Wildman–Crippen LogP) is 8.37. The van der Waals surface area contributed by atoms with Crippen molar-refractivity contribution >= 4 is 57.0 Å².